The molecule has 0 amide bonds. The van der Waals surface area contributed by atoms with E-state index in [0.717, 1.165) is 6.42 Å². The molecule has 0 bridgehead atoms. The maximum Gasteiger partial charge on any atom is 0.673 e. The quantitative estimate of drug-likeness (QED) is 0.599. The molecule has 2 nitrogen and oxygen atoms in total. The zero-order valence-corrected chi connectivity index (χ0v) is 11.6. The van der Waals surface area contributed by atoms with Crippen LogP contribution >= 0.6 is 0 Å². The predicted molar refractivity (Wildman–Crippen MR) is 76.3 cm³/mol. The number of nitrogens with zero attached hydrogens (tertiary/aromatic N) is 2. The van der Waals surface area contributed by atoms with E-state index in [4.69, 9.17) is 0 Å². The highest BCUT2D eigenvalue weighted by molar-refractivity contribution is 6.50. The highest BCUT2D eigenvalue weighted by Crippen LogP contribution is 2.18. The molecule has 7 heteroatoms. The van der Waals surface area contributed by atoms with E-state index in [-0.39, 0.29) is 0 Å². The molecule has 0 aliphatic carbocycles. The van der Waals surface area contributed by atoms with E-state index in [1.54, 1.807) is 0 Å². The van der Waals surface area contributed by atoms with Gasteiger partial charge in [-0.3, -0.25) is 9.97 Å². The third-order valence-corrected chi connectivity index (χ3v) is 2.62. The zero-order valence-electron chi connectivity index (χ0n) is 11.6. The van der Waals surface area contributed by atoms with Crippen LogP contribution in [0.25, 0.3) is 11.1 Å². The van der Waals surface area contributed by atoms with E-state index in [1.165, 1.54) is 29.7 Å². The van der Waals surface area contributed by atoms with Gasteiger partial charge in [0.25, 0.3) is 0 Å². The fraction of sp³-hybridized carbons (Fsp3) is 0.286. The lowest BCUT2D eigenvalue weighted by atomic mass is 10.1. The maximum atomic E-state index is 9.75. The van der Waals surface area contributed by atoms with E-state index in [9.17, 15) is 17.3 Å². The summed E-state index contributed by atoms with van der Waals surface area (Å²) < 4.78 is 39.0. The van der Waals surface area contributed by atoms with Crippen molar-refractivity contribution in [3.05, 3.63) is 48.5 Å². The molecule has 2 heterocycles. The topological polar surface area (TPSA) is 25.8 Å². The minimum atomic E-state index is -6.00. The molecule has 0 unspecified atom stereocenters. The highest BCUT2D eigenvalue weighted by atomic mass is 19.5. The normalized spacial score (nSPS) is 10.7. The van der Waals surface area contributed by atoms with Crippen molar-refractivity contribution >= 4 is 7.25 Å². The molecule has 0 aliphatic rings. The van der Waals surface area contributed by atoms with Gasteiger partial charge in [0, 0.05) is 24.3 Å². The second-order valence-electron chi connectivity index (χ2n) is 4.37. The van der Waals surface area contributed by atoms with Crippen LogP contribution in [0.3, 0.4) is 0 Å². The van der Waals surface area contributed by atoms with E-state index in [0.29, 0.717) is 0 Å². The summed E-state index contributed by atoms with van der Waals surface area (Å²) in [5.41, 5.74) is 3.61. The molecule has 0 saturated carbocycles. The Labute approximate surface area is 121 Å². The third kappa shape index (κ3) is 8.07. The molecule has 0 saturated heterocycles. The molecule has 0 spiro atoms. The summed E-state index contributed by atoms with van der Waals surface area (Å²) in [5.74, 6) is 0. The number of pyridine rings is 2. The summed E-state index contributed by atoms with van der Waals surface area (Å²) in [6.07, 6.45) is 9.01. The molecular formula is C14H16BF4N2-. The highest BCUT2D eigenvalue weighted by Gasteiger charge is 2.20. The van der Waals surface area contributed by atoms with Crippen LogP contribution in [-0.4, -0.2) is 17.2 Å². The van der Waals surface area contributed by atoms with Gasteiger partial charge in [0.05, 0.1) is 0 Å². The summed E-state index contributed by atoms with van der Waals surface area (Å²) in [6, 6.07) is 8.27. The van der Waals surface area contributed by atoms with Gasteiger partial charge in [0.15, 0.2) is 0 Å². The van der Waals surface area contributed by atoms with Crippen molar-refractivity contribution < 1.29 is 17.3 Å². The smallest absolute Gasteiger partial charge is 0.418 e. The van der Waals surface area contributed by atoms with Crippen molar-refractivity contribution in [1.82, 2.24) is 9.97 Å². The molecule has 0 radical (unpaired) electrons. The van der Waals surface area contributed by atoms with Crippen LogP contribution in [0.15, 0.2) is 42.9 Å². The van der Waals surface area contributed by atoms with Crippen LogP contribution in [0.5, 0.6) is 0 Å². The van der Waals surface area contributed by atoms with Crippen LogP contribution in [-0.2, 0) is 6.42 Å². The van der Waals surface area contributed by atoms with Gasteiger partial charge in [-0.1, -0.05) is 13.3 Å². The Balaban J connectivity index is 0.000000383. The standard InChI is InChI=1S/C14H16N2.BF4/c1-2-3-4-14-11-13(7-10-16-14)12-5-8-15-9-6-12;2-1(3,4)5/h5-11H,2-4H2,1H3;/q;-1. The van der Waals surface area contributed by atoms with Gasteiger partial charge in [-0.15, -0.1) is 0 Å². The van der Waals surface area contributed by atoms with Gasteiger partial charge in [-0.2, -0.15) is 0 Å². The third-order valence-electron chi connectivity index (χ3n) is 2.62. The Kier molecular flexibility index (Phi) is 6.85. The summed E-state index contributed by atoms with van der Waals surface area (Å²) in [4.78, 5) is 8.41. The average molecular weight is 299 g/mol. The monoisotopic (exact) mass is 299 g/mol. The minimum absolute atomic E-state index is 1.06. The first-order valence-electron chi connectivity index (χ1n) is 6.63. The van der Waals surface area contributed by atoms with Gasteiger partial charge >= 0.3 is 7.25 Å². The zero-order chi connectivity index (χ0) is 15.7. The SMILES string of the molecule is CCCCc1cc(-c2ccncc2)ccn1.F[B-](F)(F)F. The predicted octanol–water partition coefficient (Wildman–Crippen LogP) is 4.79. The molecule has 0 aliphatic heterocycles. The fourth-order valence-corrected chi connectivity index (χ4v) is 1.70. The van der Waals surface area contributed by atoms with Crippen molar-refractivity contribution in [2.75, 3.05) is 0 Å². The van der Waals surface area contributed by atoms with Crippen molar-refractivity contribution in [1.29, 1.82) is 0 Å². The Bertz CT molecular complexity index is 526. The van der Waals surface area contributed by atoms with Crippen molar-refractivity contribution in [3.8, 4) is 11.1 Å². The van der Waals surface area contributed by atoms with Crippen LogP contribution in [0.1, 0.15) is 25.5 Å². The molecule has 0 fully saturated rings. The Hall–Kier alpha value is -1.92. The number of halogens is 4. The summed E-state index contributed by atoms with van der Waals surface area (Å²) in [7, 11) is -6.00. The average Bonchev–Trinajstić information content (AvgIpc) is 2.45. The minimum Gasteiger partial charge on any atom is -0.418 e. The van der Waals surface area contributed by atoms with Gasteiger partial charge in [0.2, 0.25) is 0 Å². The molecule has 2 rings (SSSR count). The Morgan fingerprint density at radius 2 is 1.52 bits per heavy atom. The van der Waals surface area contributed by atoms with Crippen LogP contribution in [0, 0.1) is 0 Å². The van der Waals surface area contributed by atoms with Crippen molar-refractivity contribution in [2.24, 2.45) is 0 Å². The first-order chi connectivity index (χ1) is 9.90. The fourth-order valence-electron chi connectivity index (χ4n) is 1.70. The number of aryl methyl sites for hydroxylation is 1. The number of hydrogen-bond donors (Lipinski definition) is 0. The molecule has 2 aromatic heterocycles. The van der Waals surface area contributed by atoms with E-state index in [1.807, 2.05) is 36.8 Å². The lowest BCUT2D eigenvalue weighted by Crippen LogP contribution is -2.02. The maximum absolute atomic E-state index is 9.75. The van der Waals surface area contributed by atoms with Crippen LogP contribution in [0.4, 0.5) is 17.3 Å². The van der Waals surface area contributed by atoms with Gasteiger partial charge in [0.1, 0.15) is 0 Å². The molecular weight excluding hydrogens is 283 g/mol. The molecule has 21 heavy (non-hydrogen) atoms. The van der Waals surface area contributed by atoms with Crippen molar-refractivity contribution in [3.63, 3.8) is 0 Å². The number of aromatic nitrogens is 2. The number of hydrogen-bond acceptors (Lipinski definition) is 2. The van der Waals surface area contributed by atoms with Crippen molar-refractivity contribution in [2.45, 2.75) is 26.2 Å². The summed E-state index contributed by atoms with van der Waals surface area (Å²) >= 11 is 0. The number of unbranched alkanes of at least 4 members (excludes halogenated alkanes) is 1. The lowest BCUT2D eigenvalue weighted by Gasteiger charge is -2.03. The first kappa shape index (κ1) is 17.1. The van der Waals surface area contributed by atoms with E-state index < -0.39 is 7.25 Å². The summed E-state index contributed by atoms with van der Waals surface area (Å²) in [6.45, 7) is 2.20. The molecule has 0 N–H and O–H groups in total. The van der Waals surface area contributed by atoms with Gasteiger partial charge in [-0.05, 0) is 48.2 Å². The first-order valence-corrected chi connectivity index (χ1v) is 6.63. The number of rotatable bonds is 4. The molecule has 114 valence electrons. The Morgan fingerprint density at radius 1 is 0.952 bits per heavy atom. The second kappa shape index (κ2) is 8.39. The molecule has 0 atom stereocenters. The van der Waals surface area contributed by atoms with E-state index >= 15 is 0 Å². The lowest BCUT2D eigenvalue weighted by molar-refractivity contribution is 0.368. The van der Waals surface area contributed by atoms with Crippen LogP contribution in [0.2, 0.25) is 0 Å². The Morgan fingerprint density at radius 3 is 2.10 bits per heavy atom. The second-order valence-corrected chi connectivity index (χ2v) is 4.37. The van der Waals surface area contributed by atoms with Gasteiger partial charge in [-0.25, -0.2) is 0 Å². The summed E-state index contributed by atoms with van der Waals surface area (Å²) in [5, 5.41) is 0. The van der Waals surface area contributed by atoms with Crippen LogP contribution < -0.4 is 0 Å². The largest absolute Gasteiger partial charge is 0.673 e. The van der Waals surface area contributed by atoms with E-state index in [2.05, 4.69) is 23.0 Å². The molecule has 2 aromatic rings. The van der Waals surface area contributed by atoms with Gasteiger partial charge < -0.3 is 17.3 Å². The molecule has 0 aromatic carbocycles.